The molecule has 1 aromatic carbocycles. The van der Waals surface area contributed by atoms with E-state index in [4.69, 9.17) is 4.42 Å². The lowest BCUT2D eigenvalue weighted by atomic mass is 10.1. The maximum atomic E-state index is 9.35. The first-order chi connectivity index (χ1) is 10.3. The smallest absolute Gasteiger partial charge is 0.210 e. The summed E-state index contributed by atoms with van der Waals surface area (Å²) in [4.78, 5) is 2.23. The lowest BCUT2D eigenvalue weighted by Crippen LogP contribution is -2.17. The number of rotatable bonds is 3. The maximum Gasteiger partial charge on any atom is 0.210 e. The molecule has 2 heterocycles. The molecule has 0 bridgehead atoms. The van der Waals surface area contributed by atoms with Gasteiger partial charge in [-0.15, -0.1) is 0 Å². The highest BCUT2D eigenvalue weighted by molar-refractivity contribution is 9.10. The van der Waals surface area contributed by atoms with Gasteiger partial charge in [-0.1, -0.05) is 30.3 Å². The van der Waals surface area contributed by atoms with Crippen LogP contribution in [0.15, 0.2) is 45.3 Å². The van der Waals surface area contributed by atoms with Gasteiger partial charge < -0.3 is 9.32 Å². The van der Waals surface area contributed by atoms with Gasteiger partial charge >= 0.3 is 0 Å². The average molecular weight is 343 g/mol. The van der Waals surface area contributed by atoms with Crippen LogP contribution in [0.3, 0.4) is 0 Å². The highest BCUT2D eigenvalue weighted by Gasteiger charge is 2.19. The zero-order chi connectivity index (χ0) is 14.7. The Morgan fingerprint density at radius 2 is 1.95 bits per heavy atom. The van der Waals surface area contributed by atoms with Crippen molar-refractivity contribution in [2.24, 2.45) is 0 Å². The Hall–Kier alpha value is -1.99. The molecular weight excluding hydrogens is 328 g/mol. The molecule has 0 amide bonds. The minimum atomic E-state index is 0.602. The molecule has 1 aliphatic rings. The van der Waals surface area contributed by atoms with Crippen molar-refractivity contribution in [1.29, 1.82) is 5.26 Å². The molecule has 0 atom stereocenters. The van der Waals surface area contributed by atoms with E-state index in [-0.39, 0.29) is 0 Å². The third-order valence-electron chi connectivity index (χ3n) is 3.57. The van der Waals surface area contributed by atoms with Crippen LogP contribution < -0.4 is 4.90 Å². The van der Waals surface area contributed by atoms with Gasteiger partial charge in [0.1, 0.15) is 5.76 Å². The fraction of sp³-hybridized carbons (Fsp3) is 0.235. The second-order valence-electron chi connectivity index (χ2n) is 5.03. The quantitative estimate of drug-likeness (QED) is 0.758. The molecule has 3 nitrogen and oxygen atoms in total. The van der Waals surface area contributed by atoms with Crippen molar-refractivity contribution < 1.29 is 4.42 Å². The summed E-state index contributed by atoms with van der Waals surface area (Å²) in [6, 6.07) is 13.8. The molecule has 1 fully saturated rings. The van der Waals surface area contributed by atoms with Crippen molar-refractivity contribution in [3.8, 4) is 6.07 Å². The standard InChI is InChI=1S/C17H15BrN2O/c18-16-11-15(21-17(16)20-8-4-5-9-20)10-14(12-19)13-6-2-1-3-7-13/h1-3,6-7,10-11H,4-5,8-9H2/b14-10+. The Bertz CT molecular complexity index is 691. The molecule has 0 spiro atoms. The molecular formula is C17H15BrN2O. The van der Waals surface area contributed by atoms with E-state index in [0.29, 0.717) is 11.3 Å². The predicted octanol–water partition coefficient (Wildman–Crippen LogP) is 4.71. The van der Waals surface area contributed by atoms with Gasteiger partial charge in [-0.3, -0.25) is 0 Å². The summed E-state index contributed by atoms with van der Waals surface area (Å²) in [6.07, 6.45) is 4.19. The summed E-state index contributed by atoms with van der Waals surface area (Å²) in [5, 5.41) is 9.35. The van der Waals surface area contributed by atoms with E-state index in [1.165, 1.54) is 12.8 Å². The molecule has 2 aromatic rings. The summed E-state index contributed by atoms with van der Waals surface area (Å²) in [7, 11) is 0. The van der Waals surface area contributed by atoms with Crippen LogP contribution in [0.4, 0.5) is 5.88 Å². The SMILES string of the molecule is N#C/C(=C\c1cc(Br)c(N2CCCC2)o1)c1ccccc1. The minimum absolute atomic E-state index is 0.602. The van der Waals surface area contributed by atoms with Crippen molar-refractivity contribution >= 4 is 33.5 Å². The Morgan fingerprint density at radius 3 is 2.62 bits per heavy atom. The molecule has 21 heavy (non-hydrogen) atoms. The lowest BCUT2D eigenvalue weighted by Gasteiger charge is -2.13. The van der Waals surface area contributed by atoms with Gasteiger partial charge in [0, 0.05) is 19.2 Å². The summed E-state index contributed by atoms with van der Waals surface area (Å²) in [6.45, 7) is 2.05. The number of benzene rings is 1. The first kappa shape index (κ1) is 14.0. The van der Waals surface area contributed by atoms with Gasteiger partial charge in [0.2, 0.25) is 5.88 Å². The van der Waals surface area contributed by atoms with Crippen molar-refractivity contribution in [2.75, 3.05) is 18.0 Å². The van der Waals surface area contributed by atoms with Crippen LogP contribution in [0.25, 0.3) is 11.6 Å². The number of nitrogens with zero attached hydrogens (tertiary/aromatic N) is 2. The number of hydrogen-bond donors (Lipinski definition) is 0. The molecule has 0 N–H and O–H groups in total. The van der Waals surface area contributed by atoms with E-state index in [1.807, 2.05) is 36.4 Å². The van der Waals surface area contributed by atoms with Crippen LogP contribution in [0.5, 0.6) is 0 Å². The first-order valence-corrected chi connectivity index (χ1v) is 7.79. The van der Waals surface area contributed by atoms with Gasteiger partial charge in [-0.2, -0.15) is 5.26 Å². The normalized spacial score (nSPS) is 15.2. The third kappa shape index (κ3) is 3.03. The van der Waals surface area contributed by atoms with Gasteiger partial charge in [-0.25, -0.2) is 0 Å². The second kappa shape index (κ2) is 6.19. The fourth-order valence-electron chi connectivity index (χ4n) is 2.52. The van der Waals surface area contributed by atoms with Gasteiger partial charge in [0.05, 0.1) is 16.1 Å². The third-order valence-corrected chi connectivity index (χ3v) is 4.14. The molecule has 0 radical (unpaired) electrons. The van der Waals surface area contributed by atoms with Gasteiger partial charge in [0.25, 0.3) is 0 Å². The van der Waals surface area contributed by atoms with E-state index in [1.54, 1.807) is 6.08 Å². The molecule has 1 saturated heterocycles. The topological polar surface area (TPSA) is 40.2 Å². The highest BCUT2D eigenvalue weighted by atomic mass is 79.9. The van der Waals surface area contributed by atoms with Gasteiger partial charge in [0.15, 0.2) is 0 Å². The molecule has 1 aromatic heterocycles. The predicted molar refractivity (Wildman–Crippen MR) is 87.8 cm³/mol. The average Bonchev–Trinajstić information content (AvgIpc) is 3.15. The second-order valence-corrected chi connectivity index (χ2v) is 5.89. The summed E-state index contributed by atoms with van der Waals surface area (Å²) in [5.41, 5.74) is 1.50. The number of furan rings is 1. The van der Waals surface area contributed by atoms with Crippen LogP contribution in [0, 0.1) is 11.3 Å². The molecule has 106 valence electrons. The summed E-state index contributed by atoms with van der Waals surface area (Å²) < 4.78 is 6.85. The highest BCUT2D eigenvalue weighted by Crippen LogP contribution is 2.33. The van der Waals surface area contributed by atoms with Crippen LogP contribution in [0.1, 0.15) is 24.2 Å². The zero-order valence-corrected chi connectivity index (χ0v) is 13.1. The van der Waals surface area contributed by atoms with Crippen LogP contribution in [0.2, 0.25) is 0 Å². The lowest BCUT2D eigenvalue weighted by molar-refractivity contribution is 0.546. The first-order valence-electron chi connectivity index (χ1n) is 6.99. The fourth-order valence-corrected chi connectivity index (χ4v) is 3.08. The molecule has 3 rings (SSSR count). The Morgan fingerprint density at radius 1 is 1.24 bits per heavy atom. The van der Waals surface area contributed by atoms with E-state index in [0.717, 1.165) is 29.0 Å². The maximum absolute atomic E-state index is 9.35. The molecule has 0 unspecified atom stereocenters. The molecule has 4 heteroatoms. The van der Waals surface area contributed by atoms with Gasteiger partial charge in [-0.05, 0) is 40.4 Å². The Kier molecular flexibility index (Phi) is 4.12. The van der Waals surface area contributed by atoms with Crippen LogP contribution in [-0.2, 0) is 0 Å². The van der Waals surface area contributed by atoms with Crippen LogP contribution in [-0.4, -0.2) is 13.1 Å². The number of halogens is 1. The van der Waals surface area contributed by atoms with E-state index >= 15 is 0 Å². The minimum Gasteiger partial charge on any atom is -0.440 e. The molecule has 0 saturated carbocycles. The number of nitriles is 1. The largest absolute Gasteiger partial charge is 0.440 e. The summed E-state index contributed by atoms with van der Waals surface area (Å²) in [5.74, 6) is 1.56. The number of anilines is 1. The molecule has 0 aliphatic carbocycles. The number of allylic oxidation sites excluding steroid dienone is 1. The van der Waals surface area contributed by atoms with E-state index in [9.17, 15) is 5.26 Å². The molecule has 1 aliphatic heterocycles. The monoisotopic (exact) mass is 342 g/mol. The van der Waals surface area contributed by atoms with Crippen LogP contribution >= 0.6 is 15.9 Å². The van der Waals surface area contributed by atoms with E-state index < -0.39 is 0 Å². The summed E-state index contributed by atoms with van der Waals surface area (Å²) >= 11 is 3.55. The van der Waals surface area contributed by atoms with Crippen molar-refractivity contribution in [3.05, 3.63) is 52.2 Å². The van der Waals surface area contributed by atoms with Crippen molar-refractivity contribution in [3.63, 3.8) is 0 Å². The zero-order valence-electron chi connectivity index (χ0n) is 11.6. The Balaban J connectivity index is 1.92. The van der Waals surface area contributed by atoms with Crippen molar-refractivity contribution in [2.45, 2.75) is 12.8 Å². The number of hydrogen-bond acceptors (Lipinski definition) is 3. The van der Waals surface area contributed by atoms with E-state index in [2.05, 4.69) is 26.9 Å². The Labute approximate surface area is 132 Å². The van der Waals surface area contributed by atoms with Crippen molar-refractivity contribution in [1.82, 2.24) is 0 Å².